The van der Waals surface area contributed by atoms with E-state index >= 15 is 0 Å². The molecule has 2 aromatic rings. The van der Waals surface area contributed by atoms with Crippen LogP contribution < -0.4 is 20.7 Å². The summed E-state index contributed by atoms with van der Waals surface area (Å²) in [6, 6.07) is 7.57. The second kappa shape index (κ2) is 13.9. The van der Waals surface area contributed by atoms with Crippen LogP contribution in [0, 0.1) is 0 Å². The molecule has 0 atom stereocenters. The van der Waals surface area contributed by atoms with Crippen LogP contribution >= 0.6 is 24.0 Å². The van der Waals surface area contributed by atoms with Crippen molar-refractivity contribution in [3.8, 4) is 17.1 Å². The van der Waals surface area contributed by atoms with E-state index < -0.39 is 0 Å². The first kappa shape index (κ1) is 27.7. The monoisotopic (exact) mass is 558 g/mol. The third-order valence-corrected chi connectivity index (χ3v) is 4.33. The number of carbonyl (C=O) groups excluding carboxylic acids is 1. The van der Waals surface area contributed by atoms with Crippen molar-refractivity contribution in [1.29, 1.82) is 0 Å². The molecule has 9 nitrogen and oxygen atoms in total. The van der Waals surface area contributed by atoms with Crippen molar-refractivity contribution in [2.75, 3.05) is 27.2 Å². The van der Waals surface area contributed by atoms with E-state index in [-0.39, 0.29) is 42.0 Å². The van der Waals surface area contributed by atoms with Crippen molar-refractivity contribution < 1.29 is 14.1 Å². The summed E-state index contributed by atoms with van der Waals surface area (Å²) in [5.74, 6) is 2.57. The summed E-state index contributed by atoms with van der Waals surface area (Å²) in [5, 5.41) is 13.2. The van der Waals surface area contributed by atoms with Gasteiger partial charge in [-0.15, -0.1) is 24.0 Å². The molecule has 1 aromatic carbocycles. The van der Waals surface area contributed by atoms with Gasteiger partial charge >= 0.3 is 0 Å². The van der Waals surface area contributed by atoms with Gasteiger partial charge in [-0.3, -0.25) is 9.79 Å². The number of carbonyl (C=O) groups is 1. The highest BCUT2D eigenvalue weighted by Gasteiger charge is 2.13. The third-order valence-electron chi connectivity index (χ3n) is 4.33. The number of aliphatic imine (C=N–C) groups is 1. The fraction of sp³-hybridized carbons (Fsp3) is 0.545. The molecule has 0 bridgehead atoms. The Kier molecular flexibility index (Phi) is 12.0. The van der Waals surface area contributed by atoms with Crippen LogP contribution in [0.5, 0.6) is 5.75 Å². The standard InChI is InChI=1S/C22H34N6O3.HI/c1-22(2,3)27-18(29)15-25-21(23-4)24-14-8-6-7-9-19-26-20(28-31-19)16-10-12-17(30-5)13-11-16;/h10-13H,6-9,14-15H2,1-5H3,(H,27,29)(H2,23,24,25);1H. The van der Waals surface area contributed by atoms with E-state index in [4.69, 9.17) is 9.26 Å². The quantitative estimate of drug-likeness (QED) is 0.178. The molecule has 0 aliphatic carbocycles. The van der Waals surface area contributed by atoms with Gasteiger partial charge in [-0.1, -0.05) is 11.6 Å². The fourth-order valence-electron chi connectivity index (χ4n) is 2.85. The van der Waals surface area contributed by atoms with Crippen molar-refractivity contribution in [2.45, 2.75) is 52.0 Å². The van der Waals surface area contributed by atoms with E-state index in [9.17, 15) is 4.79 Å². The Morgan fingerprint density at radius 3 is 2.47 bits per heavy atom. The molecule has 0 aliphatic heterocycles. The van der Waals surface area contributed by atoms with E-state index in [0.717, 1.165) is 43.5 Å². The van der Waals surface area contributed by atoms with Crippen LogP contribution in [-0.2, 0) is 11.2 Å². The van der Waals surface area contributed by atoms with Crippen LogP contribution in [0.1, 0.15) is 45.9 Å². The van der Waals surface area contributed by atoms with Crippen molar-refractivity contribution >= 4 is 35.8 Å². The summed E-state index contributed by atoms with van der Waals surface area (Å²) >= 11 is 0. The molecule has 0 unspecified atom stereocenters. The highest BCUT2D eigenvalue weighted by atomic mass is 127. The number of hydrogen-bond donors (Lipinski definition) is 3. The van der Waals surface area contributed by atoms with Crippen LogP contribution in [0.3, 0.4) is 0 Å². The average molecular weight is 558 g/mol. The minimum atomic E-state index is -0.247. The van der Waals surface area contributed by atoms with Gasteiger partial charge in [-0.2, -0.15) is 4.98 Å². The lowest BCUT2D eigenvalue weighted by Crippen LogP contribution is -2.48. The van der Waals surface area contributed by atoms with Crippen molar-refractivity contribution in [2.24, 2.45) is 4.99 Å². The number of unbranched alkanes of at least 4 members (excludes halogenated alkanes) is 2. The number of aromatic nitrogens is 2. The number of nitrogens with zero attached hydrogens (tertiary/aromatic N) is 3. The molecule has 1 aromatic heterocycles. The van der Waals surface area contributed by atoms with Crippen LogP contribution in [0.15, 0.2) is 33.8 Å². The van der Waals surface area contributed by atoms with Crippen molar-refractivity contribution in [3.63, 3.8) is 0 Å². The summed E-state index contributed by atoms with van der Waals surface area (Å²) in [7, 11) is 3.32. The van der Waals surface area contributed by atoms with Crippen LogP contribution in [-0.4, -0.2) is 54.8 Å². The molecule has 3 N–H and O–H groups in total. The number of halogens is 1. The molecular weight excluding hydrogens is 523 g/mol. The number of rotatable bonds is 10. The van der Waals surface area contributed by atoms with Gasteiger partial charge < -0.3 is 25.2 Å². The Hall–Kier alpha value is -2.37. The van der Waals surface area contributed by atoms with Gasteiger partial charge in [0, 0.05) is 31.1 Å². The summed E-state index contributed by atoms with van der Waals surface area (Å²) in [5.41, 5.74) is 0.652. The third kappa shape index (κ3) is 10.3. The van der Waals surface area contributed by atoms with Gasteiger partial charge in [0.15, 0.2) is 5.96 Å². The molecule has 0 fully saturated rings. The Morgan fingerprint density at radius 1 is 1.12 bits per heavy atom. The first-order valence-corrected chi connectivity index (χ1v) is 10.5. The van der Waals surface area contributed by atoms with Crippen molar-refractivity contribution in [1.82, 2.24) is 26.1 Å². The molecular formula is C22H35IN6O3. The van der Waals surface area contributed by atoms with E-state index in [0.29, 0.717) is 17.7 Å². The SMILES string of the molecule is CN=C(NCCCCCc1nc(-c2ccc(OC)cc2)no1)NCC(=O)NC(C)(C)C.I. The highest BCUT2D eigenvalue weighted by Crippen LogP contribution is 2.20. The molecule has 2 rings (SSSR count). The first-order valence-electron chi connectivity index (χ1n) is 10.5. The van der Waals surface area contributed by atoms with E-state index in [2.05, 4.69) is 31.1 Å². The lowest BCUT2D eigenvalue weighted by molar-refractivity contribution is -0.121. The van der Waals surface area contributed by atoms with Gasteiger partial charge in [0.05, 0.1) is 13.7 Å². The highest BCUT2D eigenvalue weighted by molar-refractivity contribution is 14.0. The zero-order valence-electron chi connectivity index (χ0n) is 19.5. The topological polar surface area (TPSA) is 114 Å². The van der Waals surface area contributed by atoms with Gasteiger partial charge in [0.1, 0.15) is 5.75 Å². The van der Waals surface area contributed by atoms with Crippen molar-refractivity contribution in [3.05, 3.63) is 30.2 Å². The summed E-state index contributed by atoms with van der Waals surface area (Å²) in [4.78, 5) is 20.5. The number of guanidine groups is 1. The van der Waals surface area contributed by atoms with Gasteiger partial charge in [0.2, 0.25) is 17.6 Å². The molecule has 0 saturated carbocycles. The molecule has 32 heavy (non-hydrogen) atoms. The maximum atomic E-state index is 11.9. The summed E-state index contributed by atoms with van der Waals surface area (Å²) < 4.78 is 10.5. The van der Waals surface area contributed by atoms with E-state index in [1.54, 1.807) is 14.2 Å². The van der Waals surface area contributed by atoms with Gasteiger partial charge in [-0.25, -0.2) is 0 Å². The summed E-state index contributed by atoms with van der Waals surface area (Å²) in [6.45, 7) is 6.80. The summed E-state index contributed by atoms with van der Waals surface area (Å²) in [6.07, 6.45) is 3.66. The molecule has 178 valence electrons. The zero-order chi connectivity index (χ0) is 22.7. The normalized spacial score (nSPS) is 11.5. The maximum absolute atomic E-state index is 11.9. The maximum Gasteiger partial charge on any atom is 0.239 e. The second-order valence-corrected chi connectivity index (χ2v) is 8.20. The zero-order valence-corrected chi connectivity index (χ0v) is 21.9. The Labute approximate surface area is 207 Å². The predicted octanol–water partition coefficient (Wildman–Crippen LogP) is 3.16. The van der Waals surface area contributed by atoms with E-state index in [1.807, 2.05) is 45.0 Å². The Morgan fingerprint density at radius 2 is 1.84 bits per heavy atom. The number of hydrogen-bond acceptors (Lipinski definition) is 6. The second-order valence-electron chi connectivity index (χ2n) is 8.20. The minimum Gasteiger partial charge on any atom is -0.497 e. The van der Waals surface area contributed by atoms with E-state index in [1.165, 1.54) is 0 Å². The molecule has 0 saturated heterocycles. The number of nitrogens with one attached hydrogen (secondary N) is 3. The first-order chi connectivity index (χ1) is 14.8. The van der Waals surface area contributed by atoms with Gasteiger partial charge in [-0.05, 0) is 57.9 Å². The lowest BCUT2D eigenvalue weighted by Gasteiger charge is -2.21. The molecule has 1 heterocycles. The number of benzene rings is 1. The lowest BCUT2D eigenvalue weighted by atomic mass is 10.1. The number of ether oxygens (including phenoxy) is 1. The average Bonchev–Trinajstić information content (AvgIpc) is 3.20. The minimum absolute atomic E-state index is 0. The molecule has 1 amide bonds. The largest absolute Gasteiger partial charge is 0.497 e. The molecule has 10 heteroatoms. The fourth-order valence-corrected chi connectivity index (χ4v) is 2.85. The van der Waals surface area contributed by atoms with Crippen LogP contribution in [0.2, 0.25) is 0 Å². The number of aryl methyl sites for hydroxylation is 1. The Bertz CT molecular complexity index is 846. The van der Waals surface area contributed by atoms with Gasteiger partial charge in [0.25, 0.3) is 0 Å². The number of amides is 1. The van der Waals surface area contributed by atoms with Crippen LogP contribution in [0.4, 0.5) is 0 Å². The molecule has 0 spiro atoms. The Balaban J connectivity index is 0.00000512. The number of methoxy groups -OCH3 is 1. The molecule has 0 aliphatic rings. The smallest absolute Gasteiger partial charge is 0.239 e. The predicted molar refractivity (Wildman–Crippen MR) is 137 cm³/mol. The molecule has 0 radical (unpaired) electrons. The van der Waals surface area contributed by atoms with Crippen LogP contribution in [0.25, 0.3) is 11.4 Å².